The number of rotatable bonds is 4. The van der Waals surface area contributed by atoms with Crippen LogP contribution in [0.5, 0.6) is 0 Å². The number of likely N-dealkylation sites (tertiary alicyclic amines) is 1. The standard InChI is InChI=1S/C29H27F3N2O2/c30-29(31,32)24-8-3-5-21(19-24)20-28(36)14-17-33(18-15-28)27(35)23-10-12-25(13-11-23)34-16-4-7-22-6-1-2-9-26(22)34/h1-13,19,36H,14-18,20H2. The van der Waals surface area contributed by atoms with E-state index >= 15 is 0 Å². The van der Waals surface area contributed by atoms with Crippen molar-refractivity contribution in [3.05, 3.63) is 101 Å². The molecular formula is C29H27F3N2O2. The van der Waals surface area contributed by atoms with Crippen LogP contribution in [0.2, 0.25) is 0 Å². The number of carbonyl (C=O) groups is 1. The Labute approximate surface area is 208 Å². The predicted octanol–water partition coefficient (Wildman–Crippen LogP) is 6.08. The van der Waals surface area contributed by atoms with Gasteiger partial charge in [0.15, 0.2) is 0 Å². The fourth-order valence-electron chi connectivity index (χ4n) is 5.01. The van der Waals surface area contributed by atoms with Crippen LogP contribution in [0, 0.1) is 0 Å². The first-order valence-corrected chi connectivity index (χ1v) is 12.0. The monoisotopic (exact) mass is 492 g/mol. The van der Waals surface area contributed by atoms with Gasteiger partial charge in [-0.3, -0.25) is 4.79 Å². The van der Waals surface area contributed by atoms with E-state index in [1.807, 2.05) is 36.4 Å². The van der Waals surface area contributed by atoms with Crippen molar-refractivity contribution in [1.82, 2.24) is 4.90 Å². The Hall–Kier alpha value is -3.58. The van der Waals surface area contributed by atoms with E-state index in [0.29, 0.717) is 37.1 Å². The van der Waals surface area contributed by atoms with Gasteiger partial charge >= 0.3 is 6.18 Å². The first kappa shape index (κ1) is 24.1. The molecule has 1 saturated heterocycles. The van der Waals surface area contributed by atoms with Gasteiger partial charge in [-0.1, -0.05) is 48.6 Å². The Morgan fingerprint density at radius 3 is 2.39 bits per heavy atom. The third-order valence-corrected chi connectivity index (χ3v) is 7.01. The molecule has 1 N–H and O–H groups in total. The van der Waals surface area contributed by atoms with Gasteiger partial charge in [-0.15, -0.1) is 0 Å². The molecule has 0 aliphatic carbocycles. The van der Waals surface area contributed by atoms with Crippen LogP contribution >= 0.6 is 0 Å². The highest BCUT2D eigenvalue weighted by Gasteiger charge is 2.35. The molecule has 1 fully saturated rings. The number of halogens is 3. The van der Waals surface area contributed by atoms with Crippen molar-refractivity contribution in [2.45, 2.75) is 31.0 Å². The number of carbonyl (C=O) groups excluding carboxylic acids is 1. The van der Waals surface area contributed by atoms with Crippen molar-refractivity contribution in [3.63, 3.8) is 0 Å². The fourth-order valence-corrected chi connectivity index (χ4v) is 5.01. The average molecular weight is 493 g/mol. The van der Waals surface area contributed by atoms with Crippen LogP contribution in [0.15, 0.2) is 78.9 Å². The first-order valence-electron chi connectivity index (χ1n) is 12.0. The summed E-state index contributed by atoms with van der Waals surface area (Å²) in [6, 6.07) is 20.8. The summed E-state index contributed by atoms with van der Waals surface area (Å²) in [7, 11) is 0. The molecule has 5 rings (SSSR count). The van der Waals surface area contributed by atoms with Gasteiger partial charge in [0.1, 0.15) is 0 Å². The predicted molar refractivity (Wildman–Crippen MR) is 134 cm³/mol. The second-order valence-corrected chi connectivity index (χ2v) is 9.51. The number of benzene rings is 3. The zero-order valence-corrected chi connectivity index (χ0v) is 19.7. The largest absolute Gasteiger partial charge is 0.416 e. The van der Waals surface area contributed by atoms with Gasteiger partial charge in [0.05, 0.1) is 11.2 Å². The van der Waals surface area contributed by atoms with Crippen LogP contribution in [-0.4, -0.2) is 41.1 Å². The minimum atomic E-state index is -4.42. The minimum absolute atomic E-state index is 0.110. The van der Waals surface area contributed by atoms with E-state index in [1.54, 1.807) is 11.0 Å². The summed E-state index contributed by atoms with van der Waals surface area (Å²) in [5.74, 6) is -0.110. The van der Waals surface area contributed by atoms with Gasteiger partial charge in [-0.05, 0) is 60.4 Å². The van der Waals surface area contributed by atoms with Crippen molar-refractivity contribution >= 4 is 23.4 Å². The lowest BCUT2D eigenvalue weighted by Crippen LogP contribution is -2.47. The molecule has 3 aromatic rings. The Balaban J connectivity index is 1.22. The van der Waals surface area contributed by atoms with Gasteiger partial charge in [-0.2, -0.15) is 13.2 Å². The number of amides is 1. The molecule has 2 heterocycles. The molecule has 0 spiro atoms. The molecule has 1 amide bonds. The van der Waals surface area contributed by atoms with E-state index in [-0.39, 0.29) is 12.3 Å². The molecule has 7 heteroatoms. The second-order valence-electron chi connectivity index (χ2n) is 9.51. The number of fused-ring (bicyclic) bond motifs is 1. The number of alkyl halides is 3. The van der Waals surface area contributed by atoms with Crippen LogP contribution < -0.4 is 4.90 Å². The highest BCUT2D eigenvalue weighted by molar-refractivity contribution is 5.95. The number of hydrogen-bond donors (Lipinski definition) is 1. The third-order valence-electron chi connectivity index (χ3n) is 7.01. The molecule has 0 atom stereocenters. The van der Waals surface area contributed by atoms with Crippen molar-refractivity contribution in [3.8, 4) is 0 Å². The summed E-state index contributed by atoms with van der Waals surface area (Å²) < 4.78 is 39.1. The lowest BCUT2D eigenvalue weighted by molar-refractivity contribution is -0.137. The van der Waals surface area contributed by atoms with Gasteiger partial charge in [-0.25, -0.2) is 0 Å². The topological polar surface area (TPSA) is 43.8 Å². The van der Waals surface area contributed by atoms with Crippen LogP contribution in [-0.2, 0) is 12.6 Å². The molecule has 4 nitrogen and oxygen atoms in total. The zero-order valence-electron chi connectivity index (χ0n) is 19.7. The number of para-hydroxylation sites is 1. The maximum atomic E-state index is 13.1. The SMILES string of the molecule is O=C(c1ccc(N2CC=Cc3ccccc32)cc1)N1CCC(O)(Cc2cccc(C(F)(F)F)c2)CC1. The summed E-state index contributed by atoms with van der Waals surface area (Å²) in [4.78, 5) is 17.0. The zero-order chi connectivity index (χ0) is 25.3. The van der Waals surface area contributed by atoms with Gasteiger partial charge < -0.3 is 14.9 Å². The Bertz CT molecular complexity index is 1280. The molecular weight excluding hydrogens is 465 g/mol. The van der Waals surface area contributed by atoms with E-state index in [9.17, 15) is 23.1 Å². The lowest BCUT2D eigenvalue weighted by atomic mass is 9.85. The fraction of sp³-hybridized carbons (Fsp3) is 0.276. The van der Waals surface area contributed by atoms with Crippen molar-refractivity contribution in [2.75, 3.05) is 24.5 Å². The average Bonchev–Trinajstić information content (AvgIpc) is 2.88. The Morgan fingerprint density at radius 1 is 0.944 bits per heavy atom. The Morgan fingerprint density at radius 2 is 1.67 bits per heavy atom. The highest BCUT2D eigenvalue weighted by atomic mass is 19.4. The molecule has 0 aromatic heterocycles. The number of anilines is 2. The molecule has 0 saturated carbocycles. The van der Waals surface area contributed by atoms with E-state index in [0.717, 1.165) is 35.6 Å². The van der Waals surface area contributed by atoms with Gasteiger partial charge in [0.25, 0.3) is 5.91 Å². The van der Waals surface area contributed by atoms with Crippen molar-refractivity contribution in [2.24, 2.45) is 0 Å². The van der Waals surface area contributed by atoms with Crippen LogP contribution in [0.4, 0.5) is 24.5 Å². The van der Waals surface area contributed by atoms with E-state index in [1.165, 1.54) is 6.07 Å². The van der Waals surface area contributed by atoms with Crippen LogP contribution in [0.1, 0.15) is 39.9 Å². The van der Waals surface area contributed by atoms with Gasteiger partial charge in [0, 0.05) is 43.0 Å². The number of hydrogen-bond acceptors (Lipinski definition) is 3. The first-order chi connectivity index (χ1) is 17.2. The summed E-state index contributed by atoms with van der Waals surface area (Å²) in [5.41, 5.74) is 2.42. The third kappa shape index (κ3) is 5.02. The van der Waals surface area contributed by atoms with Crippen LogP contribution in [0.25, 0.3) is 6.08 Å². The van der Waals surface area contributed by atoms with Gasteiger partial charge in [0.2, 0.25) is 0 Å². The smallest absolute Gasteiger partial charge is 0.389 e. The van der Waals surface area contributed by atoms with E-state index in [2.05, 4.69) is 29.2 Å². The Kier molecular flexibility index (Phi) is 6.35. The molecule has 0 radical (unpaired) electrons. The molecule has 36 heavy (non-hydrogen) atoms. The summed E-state index contributed by atoms with van der Waals surface area (Å²) >= 11 is 0. The molecule has 2 aliphatic heterocycles. The summed E-state index contributed by atoms with van der Waals surface area (Å²) in [6.45, 7) is 1.45. The number of nitrogens with zero attached hydrogens (tertiary/aromatic N) is 2. The van der Waals surface area contributed by atoms with Crippen LogP contribution in [0.3, 0.4) is 0 Å². The molecule has 0 unspecified atom stereocenters. The quantitative estimate of drug-likeness (QED) is 0.480. The molecule has 0 bridgehead atoms. The number of aliphatic hydroxyl groups is 1. The minimum Gasteiger partial charge on any atom is -0.389 e. The van der Waals surface area contributed by atoms with E-state index in [4.69, 9.17) is 0 Å². The molecule has 3 aromatic carbocycles. The lowest BCUT2D eigenvalue weighted by Gasteiger charge is -2.38. The van der Waals surface area contributed by atoms with Crippen molar-refractivity contribution in [1.29, 1.82) is 0 Å². The van der Waals surface area contributed by atoms with E-state index < -0.39 is 17.3 Å². The number of piperidine rings is 1. The highest BCUT2D eigenvalue weighted by Crippen LogP contribution is 2.34. The maximum Gasteiger partial charge on any atom is 0.416 e. The second kappa shape index (κ2) is 9.47. The summed E-state index contributed by atoms with van der Waals surface area (Å²) in [6.07, 6.45) is 0.537. The van der Waals surface area contributed by atoms with Crippen molar-refractivity contribution < 1.29 is 23.1 Å². The maximum absolute atomic E-state index is 13.1. The summed E-state index contributed by atoms with van der Waals surface area (Å²) in [5, 5.41) is 11.0. The normalized spacial score (nSPS) is 17.1. The molecule has 2 aliphatic rings. The molecule has 186 valence electrons.